The van der Waals surface area contributed by atoms with Gasteiger partial charge in [-0.05, 0) is 0 Å². The number of esters is 1. The summed E-state index contributed by atoms with van der Waals surface area (Å²) >= 11 is 0. The molecule has 0 unspecified atom stereocenters. The van der Waals surface area contributed by atoms with Crippen molar-refractivity contribution in [2.75, 3.05) is 28.4 Å². The molecular weight excluding hydrogens is 238 g/mol. The predicted octanol–water partition coefficient (Wildman–Crippen LogP) is 0.885. The fourth-order valence-corrected chi connectivity index (χ4v) is 1.58. The number of benzene rings is 1. The van der Waals surface area contributed by atoms with Gasteiger partial charge in [0.25, 0.3) is 0 Å². The Morgan fingerprint density at radius 1 is 1.06 bits per heavy atom. The van der Waals surface area contributed by atoms with Crippen LogP contribution in [0.15, 0.2) is 12.1 Å². The molecule has 0 aliphatic rings. The molecule has 0 saturated carbocycles. The highest BCUT2D eigenvalue weighted by Crippen LogP contribution is 2.37. The van der Waals surface area contributed by atoms with Crippen molar-refractivity contribution >= 4 is 5.97 Å². The van der Waals surface area contributed by atoms with Crippen LogP contribution in [-0.2, 0) is 9.53 Å². The normalized spacial score (nSPS) is 11.6. The summed E-state index contributed by atoms with van der Waals surface area (Å²) in [4.78, 5) is 11.5. The third-order valence-electron chi connectivity index (χ3n) is 2.52. The molecule has 0 bridgehead atoms. The van der Waals surface area contributed by atoms with Crippen LogP contribution in [0.3, 0.4) is 0 Å². The molecule has 0 radical (unpaired) electrons. The van der Waals surface area contributed by atoms with Crippen molar-refractivity contribution in [1.29, 1.82) is 0 Å². The van der Waals surface area contributed by atoms with Crippen molar-refractivity contribution in [3.8, 4) is 17.2 Å². The van der Waals surface area contributed by atoms with E-state index < -0.39 is 12.0 Å². The first-order chi connectivity index (χ1) is 8.58. The zero-order chi connectivity index (χ0) is 13.7. The summed E-state index contributed by atoms with van der Waals surface area (Å²) in [5.74, 6) is 0.787. The molecule has 0 aliphatic heterocycles. The molecule has 0 heterocycles. The van der Waals surface area contributed by atoms with Gasteiger partial charge in [-0.25, -0.2) is 4.79 Å². The Morgan fingerprint density at radius 3 is 1.89 bits per heavy atom. The molecule has 0 amide bonds. The van der Waals surface area contributed by atoms with Crippen LogP contribution in [0.4, 0.5) is 0 Å². The van der Waals surface area contributed by atoms with Crippen molar-refractivity contribution in [3.05, 3.63) is 17.7 Å². The molecule has 0 spiro atoms. The number of hydrogen-bond donors (Lipinski definition) is 1. The van der Waals surface area contributed by atoms with E-state index in [2.05, 4.69) is 4.74 Å². The van der Waals surface area contributed by atoms with Gasteiger partial charge in [-0.1, -0.05) is 0 Å². The van der Waals surface area contributed by atoms with E-state index in [9.17, 15) is 4.79 Å². The van der Waals surface area contributed by atoms with Gasteiger partial charge in [0, 0.05) is 12.1 Å². The standard InChI is InChI=1S/C12H17NO5/c1-15-7-5-8(16-2)10(9(6-7)17-3)11(13)12(14)18-4/h5-6,11H,13H2,1-4H3/t11-/m0/s1. The minimum atomic E-state index is -0.981. The molecule has 1 atom stereocenters. The van der Waals surface area contributed by atoms with Gasteiger partial charge in [0.15, 0.2) is 0 Å². The summed E-state index contributed by atoms with van der Waals surface area (Å²) in [6.07, 6.45) is 0. The first kappa shape index (κ1) is 14.1. The molecule has 1 aromatic rings. The van der Waals surface area contributed by atoms with Crippen LogP contribution in [0, 0.1) is 0 Å². The molecule has 6 heteroatoms. The fraction of sp³-hybridized carbons (Fsp3) is 0.417. The van der Waals surface area contributed by atoms with E-state index in [1.54, 1.807) is 12.1 Å². The lowest BCUT2D eigenvalue weighted by Gasteiger charge is -2.18. The summed E-state index contributed by atoms with van der Waals surface area (Å²) in [5, 5.41) is 0. The van der Waals surface area contributed by atoms with Crippen LogP contribution >= 0.6 is 0 Å². The maximum absolute atomic E-state index is 11.5. The number of methoxy groups -OCH3 is 4. The minimum absolute atomic E-state index is 0.407. The second kappa shape index (κ2) is 6.11. The molecule has 18 heavy (non-hydrogen) atoms. The SMILES string of the molecule is COC(=O)[C@@H](N)c1c(OC)cc(OC)cc1OC. The lowest BCUT2D eigenvalue weighted by atomic mass is 10.0. The quantitative estimate of drug-likeness (QED) is 0.787. The van der Waals surface area contributed by atoms with Gasteiger partial charge < -0.3 is 24.7 Å². The van der Waals surface area contributed by atoms with Gasteiger partial charge in [0.05, 0.1) is 34.0 Å². The van der Waals surface area contributed by atoms with Crippen molar-refractivity contribution in [2.24, 2.45) is 5.73 Å². The Bertz CT molecular complexity index is 407. The molecule has 0 aliphatic carbocycles. The third kappa shape index (κ3) is 2.65. The molecule has 0 fully saturated rings. The lowest BCUT2D eigenvalue weighted by molar-refractivity contribution is -0.142. The molecule has 0 saturated heterocycles. The highest BCUT2D eigenvalue weighted by atomic mass is 16.5. The van der Waals surface area contributed by atoms with Crippen LogP contribution in [0.1, 0.15) is 11.6 Å². The number of carbonyl (C=O) groups is 1. The van der Waals surface area contributed by atoms with Gasteiger partial charge in [-0.15, -0.1) is 0 Å². The summed E-state index contributed by atoms with van der Waals surface area (Å²) < 4.78 is 20.1. The van der Waals surface area contributed by atoms with Crippen LogP contribution in [-0.4, -0.2) is 34.4 Å². The number of ether oxygens (including phenoxy) is 4. The van der Waals surface area contributed by atoms with E-state index in [-0.39, 0.29) is 0 Å². The van der Waals surface area contributed by atoms with E-state index in [4.69, 9.17) is 19.9 Å². The van der Waals surface area contributed by atoms with Crippen LogP contribution < -0.4 is 19.9 Å². The first-order valence-electron chi connectivity index (χ1n) is 5.22. The molecule has 2 N–H and O–H groups in total. The Kier molecular flexibility index (Phi) is 4.79. The summed E-state index contributed by atoms with van der Waals surface area (Å²) in [6.45, 7) is 0. The monoisotopic (exact) mass is 255 g/mol. The molecule has 100 valence electrons. The van der Waals surface area contributed by atoms with E-state index >= 15 is 0 Å². The van der Waals surface area contributed by atoms with Crippen LogP contribution in [0.5, 0.6) is 17.2 Å². The third-order valence-corrected chi connectivity index (χ3v) is 2.52. The van der Waals surface area contributed by atoms with Gasteiger partial charge in [0.1, 0.15) is 23.3 Å². The van der Waals surface area contributed by atoms with Crippen molar-refractivity contribution in [1.82, 2.24) is 0 Å². The summed E-state index contributed by atoms with van der Waals surface area (Å²) in [5.41, 5.74) is 6.24. The summed E-state index contributed by atoms with van der Waals surface area (Å²) in [6, 6.07) is 2.27. The predicted molar refractivity (Wildman–Crippen MR) is 65.0 cm³/mol. The fourth-order valence-electron chi connectivity index (χ4n) is 1.58. The average Bonchev–Trinajstić information content (AvgIpc) is 2.43. The number of carbonyl (C=O) groups excluding carboxylic acids is 1. The van der Waals surface area contributed by atoms with Gasteiger partial charge in [-0.2, -0.15) is 0 Å². The Morgan fingerprint density at radius 2 is 1.56 bits per heavy atom. The minimum Gasteiger partial charge on any atom is -0.496 e. The highest BCUT2D eigenvalue weighted by Gasteiger charge is 2.25. The number of nitrogens with two attached hydrogens (primary N) is 1. The first-order valence-corrected chi connectivity index (χ1v) is 5.22. The summed E-state index contributed by atoms with van der Waals surface area (Å²) in [7, 11) is 5.74. The molecule has 0 aromatic heterocycles. The second-order valence-electron chi connectivity index (χ2n) is 3.45. The second-order valence-corrected chi connectivity index (χ2v) is 3.45. The van der Waals surface area contributed by atoms with E-state index in [0.29, 0.717) is 22.8 Å². The number of hydrogen-bond acceptors (Lipinski definition) is 6. The zero-order valence-corrected chi connectivity index (χ0v) is 10.9. The van der Waals surface area contributed by atoms with Crippen LogP contribution in [0.2, 0.25) is 0 Å². The van der Waals surface area contributed by atoms with Crippen molar-refractivity contribution < 1.29 is 23.7 Å². The number of rotatable bonds is 5. The van der Waals surface area contributed by atoms with Crippen molar-refractivity contribution in [3.63, 3.8) is 0 Å². The highest BCUT2D eigenvalue weighted by molar-refractivity contribution is 5.80. The van der Waals surface area contributed by atoms with Gasteiger partial charge in [0.2, 0.25) is 0 Å². The smallest absolute Gasteiger partial charge is 0.327 e. The lowest BCUT2D eigenvalue weighted by Crippen LogP contribution is -2.23. The Labute approximate surface area is 106 Å². The molecular formula is C12H17NO5. The zero-order valence-electron chi connectivity index (χ0n) is 10.9. The molecule has 1 rings (SSSR count). The average molecular weight is 255 g/mol. The van der Waals surface area contributed by atoms with E-state index in [1.807, 2.05) is 0 Å². The van der Waals surface area contributed by atoms with E-state index in [1.165, 1.54) is 28.4 Å². The topological polar surface area (TPSA) is 80.0 Å². The van der Waals surface area contributed by atoms with Gasteiger partial charge >= 0.3 is 5.97 Å². The maximum Gasteiger partial charge on any atom is 0.327 e. The largest absolute Gasteiger partial charge is 0.496 e. The Hall–Kier alpha value is -1.95. The Balaban J connectivity index is 3.35. The van der Waals surface area contributed by atoms with Crippen LogP contribution in [0.25, 0.3) is 0 Å². The van der Waals surface area contributed by atoms with E-state index in [0.717, 1.165) is 0 Å². The molecule has 1 aromatic carbocycles. The van der Waals surface area contributed by atoms with Crippen molar-refractivity contribution in [2.45, 2.75) is 6.04 Å². The molecule has 6 nitrogen and oxygen atoms in total. The van der Waals surface area contributed by atoms with Gasteiger partial charge in [-0.3, -0.25) is 0 Å². The maximum atomic E-state index is 11.5.